The van der Waals surface area contributed by atoms with E-state index in [1.54, 1.807) is 18.2 Å². The van der Waals surface area contributed by atoms with Gasteiger partial charge < -0.3 is 15.7 Å². The van der Waals surface area contributed by atoms with Crippen molar-refractivity contribution in [2.24, 2.45) is 0 Å². The molecule has 0 atom stereocenters. The molecule has 110 valence electrons. The highest BCUT2D eigenvalue weighted by molar-refractivity contribution is 5.92. The minimum atomic E-state index is -0.956. The van der Waals surface area contributed by atoms with Gasteiger partial charge in [0.1, 0.15) is 0 Å². The first-order chi connectivity index (χ1) is 9.95. The molecule has 0 saturated heterocycles. The van der Waals surface area contributed by atoms with Crippen molar-refractivity contribution in [3.05, 3.63) is 29.6 Å². The minimum Gasteiger partial charge on any atom is -0.481 e. The highest BCUT2D eigenvalue weighted by atomic mass is 16.4. The predicted octanol–water partition coefficient (Wildman–Crippen LogP) is 1.84. The maximum Gasteiger partial charge on any atom is 0.319 e. The third kappa shape index (κ3) is 3.88. The number of hydrogen-bond acceptors (Lipinski definition) is 4. The standard InChI is InChI=1S/C14H16N4O3/c1-8-9(2)17-12-7-10(3-4-11(12)16-8)18-14(21)15-6-5-13(19)20/h3-4,7H,5-6H2,1-2H3,(H,19,20)(H2,15,18,21). The van der Waals surface area contributed by atoms with Crippen LogP contribution in [0.3, 0.4) is 0 Å². The van der Waals surface area contributed by atoms with Gasteiger partial charge in [0.15, 0.2) is 0 Å². The van der Waals surface area contributed by atoms with Gasteiger partial charge in [-0.3, -0.25) is 4.79 Å². The van der Waals surface area contributed by atoms with E-state index in [4.69, 9.17) is 5.11 Å². The van der Waals surface area contributed by atoms with E-state index < -0.39 is 12.0 Å². The van der Waals surface area contributed by atoms with Gasteiger partial charge in [-0.15, -0.1) is 0 Å². The molecule has 0 spiro atoms. The molecule has 2 amide bonds. The Bertz CT molecular complexity index is 700. The van der Waals surface area contributed by atoms with E-state index >= 15 is 0 Å². The highest BCUT2D eigenvalue weighted by Gasteiger charge is 2.06. The number of carbonyl (C=O) groups is 2. The number of anilines is 1. The average molecular weight is 288 g/mol. The molecule has 0 aliphatic carbocycles. The maximum atomic E-state index is 11.6. The molecule has 0 aliphatic heterocycles. The molecule has 0 radical (unpaired) electrons. The first-order valence-electron chi connectivity index (χ1n) is 6.47. The van der Waals surface area contributed by atoms with Gasteiger partial charge >= 0.3 is 12.0 Å². The van der Waals surface area contributed by atoms with Crippen molar-refractivity contribution in [2.45, 2.75) is 20.3 Å². The summed E-state index contributed by atoms with van der Waals surface area (Å²) in [6.45, 7) is 3.84. The lowest BCUT2D eigenvalue weighted by atomic mass is 10.2. The van der Waals surface area contributed by atoms with Crippen LogP contribution in [0.5, 0.6) is 0 Å². The lowest BCUT2D eigenvalue weighted by Gasteiger charge is -2.08. The molecule has 0 aliphatic rings. The monoisotopic (exact) mass is 288 g/mol. The van der Waals surface area contributed by atoms with Crippen molar-refractivity contribution in [1.82, 2.24) is 15.3 Å². The van der Waals surface area contributed by atoms with Gasteiger partial charge in [0.25, 0.3) is 0 Å². The van der Waals surface area contributed by atoms with Crippen LogP contribution < -0.4 is 10.6 Å². The maximum absolute atomic E-state index is 11.6. The summed E-state index contributed by atoms with van der Waals surface area (Å²) in [6, 6.07) is 4.78. The van der Waals surface area contributed by atoms with Crippen LogP contribution in [0.15, 0.2) is 18.2 Å². The number of rotatable bonds is 4. The number of hydrogen-bond donors (Lipinski definition) is 3. The molecule has 1 heterocycles. The van der Waals surface area contributed by atoms with Crippen LogP contribution in [-0.4, -0.2) is 33.6 Å². The quantitative estimate of drug-likeness (QED) is 0.796. The van der Waals surface area contributed by atoms with E-state index in [1.165, 1.54) is 0 Å². The summed E-state index contributed by atoms with van der Waals surface area (Å²) < 4.78 is 0. The van der Waals surface area contributed by atoms with Gasteiger partial charge in [0.05, 0.1) is 28.8 Å². The zero-order valence-corrected chi connectivity index (χ0v) is 11.8. The van der Waals surface area contributed by atoms with Crippen LogP contribution >= 0.6 is 0 Å². The van der Waals surface area contributed by atoms with E-state index in [9.17, 15) is 9.59 Å². The number of fused-ring (bicyclic) bond motifs is 1. The van der Waals surface area contributed by atoms with Crippen LogP contribution in [0.25, 0.3) is 11.0 Å². The number of aromatic nitrogens is 2. The summed E-state index contributed by atoms with van der Waals surface area (Å²) in [6.07, 6.45) is -0.116. The zero-order valence-electron chi connectivity index (χ0n) is 11.8. The van der Waals surface area contributed by atoms with Crippen molar-refractivity contribution in [2.75, 3.05) is 11.9 Å². The Kier molecular flexibility index (Phi) is 4.32. The molecular weight excluding hydrogens is 272 g/mol. The van der Waals surface area contributed by atoms with Crippen molar-refractivity contribution >= 4 is 28.7 Å². The van der Waals surface area contributed by atoms with Gasteiger partial charge in [-0.2, -0.15) is 0 Å². The summed E-state index contributed by atoms with van der Waals surface area (Å²) in [7, 11) is 0. The normalized spacial score (nSPS) is 10.4. The lowest BCUT2D eigenvalue weighted by molar-refractivity contribution is -0.136. The number of aliphatic carboxylic acids is 1. The molecule has 2 aromatic rings. The van der Waals surface area contributed by atoms with Crippen LogP contribution in [0.4, 0.5) is 10.5 Å². The molecule has 2 rings (SSSR count). The zero-order chi connectivity index (χ0) is 15.4. The predicted molar refractivity (Wildman–Crippen MR) is 78.3 cm³/mol. The molecule has 0 bridgehead atoms. The van der Waals surface area contributed by atoms with Crippen LogP contribution in [0, 0.1) is 13.8 Å². The van der Waals surface area contributed by atoms with Gasteiger partial charge in [-0.05, 0) is 32.0 Å². The molecule has 0 unspecified atom stereocenters. The van der Waals surface area contributed by atoms with Gasteiger partial charge in [-0.1, -0.05) is 0 Å². The van der Waals surface area contributed by atoms with E-state index in [2.05, 4.69) is 20.6 Å². The smallest absolute Gasteiger partial charge is 0.319 e. The number of benzene rings is 1. The van der Waals surface area contributed by atoms with Crippen molar-refractivity contribution in [1.29, 1.82) is 0 Å². The van der Waals surface area contributed by atoms with E-state index in [0.717, 1.165) is 16.9 Å². The number of amides is 2. The molecule has 21 heavy (non-hydrogen) atoms. The van der Waals surface area contributed by atoms with E-state index in [-0.39, 0.29) is 13.0 Å². The van der Waals surface area contributed by atoms with Crippen LogP contribution in [0.1, 0.15) is 17.8 Å². The third-order valence-electron chi connectivity index (χ3n) is 2.96. The van der Waals surface area contributed by atoms with Gasteiger partial charge in [-0.25, -0.2) is 14.8 Å². The summed E-state index contributed by atoms with van der Waals surface area (Å²) in [5.41, 5.74) is 3.74. The molecule has 1 aromatic heterocycles. The fourth-order valence-corrected chi connectivity index (χ4v) is 1.77. The van der Waals surface area contributed by atoms with Crippen molar-refractivity contribution in [3.8, 4) is 0 Å². The molecule has 7 heteroatoms. The second-order valence-corrected chi connectivity index (χ2v) is 4.62. The number of nitrogens with one attached hydrogen (secondary N) is 2. The van der Waals surface area contributed by atoms with Crippen LogP contribution in [0.2, 0.25) is 0 Å². The number of carbonyl (C=O) groups excluding carboxylic acids is 1. The Hall–Kier alpha value is -2.70. The molecule has 1 aromatic carbocycles. The molecule has 7 nitrogen and oxygen atoms in total. The Morgan fingerprint density at radius 1 is 1.14 bits per heavy atom. The Balaban J connectivity index is 2.07. The van der Waals surface area contributed by atoms with Crippen molar-refractivity contribution in [3.63, 3.8) is 0 Å². The second-order valence-electron chi connectivity index (χ2n) is 4.62. The van der Waals surface area contributed by atoms with Gasteiger partial charge in [0, 0.05) is 12.2 Å². The first-order valence-corrected chi connectivity index (χ1v) is 6.47. The highest BCUT2D eigenvalue weighted by Crippen LogP contribution is 2.17. The number of nitrogens with zero attached hydrogens (tertiary/aromatic N) is 2. The molecule has 3 N–H and O–H groups in total. The number of carboxylic acids is 1. The summed E-state index contributed by atoms with van der Waals surface area (Å²) in [5, 5.41) is 13.6. The summed E-state index contributed by atoms with van der Waals surface area (Å²) in [5.74, 6) is -0.956. The minimum absolute atomic E-state index is 0.0762. The average Bonchev–Trinajstić information content (AvgIpc) is 2.40. The molecule has 0 fully saturated rings. The van der Waals surface area contributed by atoms with Crippen LogP contribution in [-0.2, 0) is 4.79 Å². The Morgan fingerprint density at radius 2 is 1.81 bits per heavy atom. The SMILES string of the molecule is Cc1nc2ccc(NC(=O)NCCC(=O)O)cc2nc1C. The molecule has 0 saturated carbocycles. The largest absolute Gasteiger partial charge is 0.481 e. The molecular formula is C14H16N4O3. The fraction of sp³-hybridized carbons (Fsp3) is 0.286. The van der Waals surface area contributed by atoms with Gasteiger partial charge in [0.2, 0.25) is 0 Å². The topological polar surface area (TPSA) is 104 Å². The number of aryl methyl sites for hydroxylation is 2. The Morgan fingerprint density at radius 3 is 2.48 bits per heavy atom. The Labute approximate surface area is 121 Å². The first kappa shape index (κ1) is 14.7. The van der Waals surface area contributed by atoms with E-state index in [0.29, 0.717) is 11.2 Å². The summed E-state index contributed by atoms with van der Waals surface area (Å²) >= 11 is 0. The second kappa shape index (κ2) is 6.17. The number of urea groups is 1. The summed E-state index contributed by atoms with van der Waals surface area (Å²) in [4.78, 5) is 30.8. The lowest BCUT2D eigenvalue weighted by Crippen LogP contribution is -2.30. The van der Waals surface area contributed by atoms with E-state index in [1.807, 2.05) is 13.8 Å². The van der Waals surface area contributed by atoms with Crippen molar-refractivity contribution < 1.29 is 14.7 Å². The number of carboxylic acid groups (broad SMARTS) is 1. The third-order valence-corrected chi connectivity index (χ3v) is 2.96. The fourth-order valence-electron chi connectivity index (χ4n) is 1.77.